The predicted octanol–water partition coefficient (Wildman–Crippen LogP) is 3.97. The fraction of sp³-hybridized carbons (Fsp3) is 0.250. The highest BCUT2D eigenvalue weighted by molar-refractivity contribution is 6.02. The molecule has 0 unspecified atom stereocenters. The van der Waals surface area contributed by atoms with E-state index in [0.29, 0.717) is 11.3 Å². The molecule has 0 saturated heterocycles. The molecule has 0 heterocycles. The molecule has 0 saturated carbocycles. The van der Waals surface area contributed by atoms with Crippen molar-refractivity contribution in [2.24, 2.45) is 5.10 Å². The zero-order chi connectivity index (χ0) is 18.1. The molecular formula is C20H23N3O2. The van der Waals surface area contributed by atoms with Gasteiger partial charge in [0.2, 0.25) is 5.91 Å². The molecule has 25 heavy (non-hydrogen) atoms. The van der Waals surface area contributed by atoms with Gasteiger partial charge in [0.1, 0.15) is 0 Å². The molecule has 2 aromatic rings. The Labute approximate surface area is 148 Å². The molecule has 0 bridgehead atoms. The lowest BCUT2D eigenvalue weighted by Gasteiger charge is -2.08. The van der Waals surface area contributed by atoms with Crippen LogP contribution in [0.15, 0.2) is 59.7 Å². The maximum absolute atomic E-state index is 12.3. The first-order chi connectivity index (χ1) is 12.1. The largest absolute Gasteiger partial charge is 0.326 e. The van der Waals surface area contributed by atoms with Crippen LogP contribution in [0.1, 0.15) is 49.0 Å². The SMILES string of the molecule is CCCCC(=NNC(=O)c1ccc(NC(C)=O)cc1)c1ccccc1. The van der Waals surface area contributed by atoms with Gasteiger partial charge >= 0.3 is 0 Å². The normalized spacial score (nSPS) is 11.0. The number of rotatable bonds is 7. The van der Waals surface area contributed by atoms with Gasteiger partial charge in [-0.2, -0.15) is 5.10 Å². The Kier molecular flexibility index (Phi) is 6.89. The van der Waals surface area contributed by atoms with E-state index in [1.165, 1.54) is 6.92 Å². The lowest BCUT2D eigenvalue weighted by molar-refractivity contribution is -0.114. The summed E-state index contributed by atoms with van der Waals surface area (Å²) in [5, 5.41) is 6.99. The summed E-state index contributed by atoms with van der Waals surface area (Å²) in [6.07, 6.45) is 2.88. The van der Waals surface area contributed by atoms with E-state index in [1.54, 1.807) is 24.3 Å². The van der Waals surface area contributed by atoms with E-state index < -0.39 is 0 Å². The summed E-state index contributed by atoms with van der Waals surface area (Å²) in [5.41, 5.74) is 5.65. The van der Waals surface area contributed by atoms with Crippen LogP contribution in [0.4, 0.5) is 5.69 Å². The zero-order valence-corrected chi connectivity index (χ0v) is 14.6. The van der Waals surface area contributed by atoms with Gasteiger partial charge in [-0.05, 0) is 42.7 Å². The average Bonchev–Trinajstić information content (AvgIpc) is 2.62. The van der Waals surface area contributed by atoms with Crippen LogP contribution in [0.25, 0.3) is 0 Å². The number of carbonyl (C=O) groups is 2. The second kappa shape index (κ2) is 9.37. The van der Waals surface area contributed by atoms with Gasteiger partial charge in [-0.25, -0.2) is 5.43 Å². The zero-order valence-electron chi connectivity index (χ0n) is 14.6. The third-order valence-corrected chi connectivity index (χ3v) is 3.63. The van der Waals surface area contributed by atoms with Gasteiger partial charge < -0.3 is 5.32 Å². The molecule has 5 heteroatoms. The Hall–Kier alpha value is -2.95. The second-order valence-corrected chi connectivity index (χ2v) is 5.73. The second-order valence-electron chi connectivity index (χ2n) is 5.73. The van der Waals surface area contributed by atoms with Crippen molar-refractivity contribution >= 4 is 23.2 Å². The van der Waals surface area contributed by atoms with Gasteiger partial charge in [0.05, 0.1) is 5.71 Å². The monoisotopic (exact) mass is 337 g/mol. The van der Waals surface area contributed by atoms with Crippen LogP contribution in [0, 0.1) is 0 Å². The number of anilines is 1. The third kappa shape index (κ3) is 5.88. The van der Waals surface area contributed by atoms with Crippen molar-refractivity contribution in [1.29, 1.82) is 0 Å². The smallest absolute Gasteiger partial charge is 0.271 e. The van der Waals surface area contributed by atoms with Gasteiger partial charge in [0.25, 0.3) is 5.91 Å². The predicted molar refractivity (Wildman–Crippen MR) is 101 cm³/mol. The molecule has 0 spiro atoms. The molecule has 130 valence electrons. The molecule has 2 aromatic carbocycles. The lowest BCUT2D eigenvalue weighted by atomic mass is 10.1. The minimum atomic E-state index is -0.278. The number of hydrazone groups is 1. The minimum Gasteiger partial charge on any atom is -0.326 e. The number of nitrogens with zero attached hydrogens (tertiary/aromatic N) is 1. The quantitative estimate of drug-likeness (QED) is 0.593. The Bertz CT molecular complexity index is 737. The van der Waals surface area contributed by atoms with Gasteiger partial charge in [-0.3, -0.25) is 9.59 Å². The molecule has 5 nitrogen and oxygen atoms in total. The summed E-state index contributed by atoms with van der Waals surface area (Å²) in [4.78, 5) is 23.3. The number of nitrogens with one attached hydrogen (secondary N) is 2. The first-order valence-electron chi connectivity index (χ1n) is 8.40. The molecule has 2 rings (SSSR count). The van der Waals surface area contributed by atoms with Crippen molar-refractivity contribution in [2.45, 2.75) is 33.1 Å². The Morgan fingerprint density at radius 2 is 1.64 bits per heavy atom. The van der Waals surface area contributed by atoms with Crippen LogP contribution in [-0.4, -0.2) is 17.5 Å². The van der Waals surface area contributed by atoms with E-state index in [1.807, 2.05) is 30.3 Å². The van der Waals surface area contributed by atoms with E-state index in [4.69, 9.17) is 0 Å². The van der Waals surface area contributed by atoms with Crippen LogP contribution in [0.2, 0.25) is 0 Å². The van der Waals surface area contributed by atoms with Crippen LogP contribution in [0.3, 0.4) is 0 Å². The first kappa shape index (κ1) is 18.4. The lowest BCUT2D eigenvalue weighted by Crippen LogP contribution is -2.20. The molecule has 0 fully saturated rings. The maximum Gasteiger partial charge on any atom is 0.271 e. The van der Waals surface area contributed by atoms with Crippen LogP contribution >= 0.6 is 0 Å². The maximum atomic E-state index is 12.3. The number of hydrogen-bond acceptors (Lipinski definition) is 3. The Morgan fingerprint density at radius 3 is 2.24 bits per heavy atom. The fourth-order valence-electron chi connectivity index (χ4n) is 2.33. The molecule has 0 aliphatic heterocycles. The molecule has 0 atom stereocenters. The van der Waals surface area contributed by atoms with E-state index in [0.717, 1.165) is 30.5 Å². The van der Waals surface area contributed by atoms with Gasteiger partial charge in [0.15, 0.2) is 0 Å². The van der Waals surface area contributed by atoms with Gasteiger partial charge in [-0.15, -0.1) is 0 Å². The van der Waals surface area contributed by atoms with Crippen LogP contribution in [0.5, 0.6) is 0 Å². The fourth-order valence-corrected chi connectivity index (χ4v) is 2.33. The van der Waals surface area contributed by atoms with Crippen molar-refractivity contribution in [3.05, 3.63) is 65.7 Å². The Morgan fingerprint density at radius 1 is 0.960 bits per heavy atom. The van der Waals surface area contributed by atoms with E-state index in [2.05, 4.69) is 22.8 Å². The van der Waals surface area contributed by atoms with Crippen LogP contribution in [-0.2, 0) is 4.79 Å². The summed E-state index contributed by atoms with van der Waals surface area (Å²) < 4.78 is 0. The van der Waals surface area contributed by atoms with Crippen molar-refractivity contribution in [3.8, 4) is 0 Å². The van der Waals surface area contributed by atoms with E-state index in [9.17, 15) is 9.59 Å². The summed E-state index contributed by atoms with van der Waals surface area (Å²) in [6.45, 7) is 3.56. The van der Waals surface area contributed by atoms with Crippen molar-refractivity contribution in [2.75, 3.05) is 5.32 Å². The van der Waals surface area contributed by atoms with Gasteiger partial charge in [0, 0.05) is 18.2 Å². The topological polar surface area (TPSA) is 70.6 Å². The molecule has 0 radical (unpaired) electrons. The van der Waals surface area contributed by atoms with E-state index in [-0.39, 0.29) is 11.8 Å². The number of amides is 2. The molecule has 2 N–H and O–H groups in total. The highest BCUT2D eigenvalue weighted by atomic mass is 16.2. The van der Waals surface area contributed by atoms with Crippen LogP contribution < -0.4 is 10.7 Å². The highest BCUT2D eigenvalue weighted by Crippen LogP contribution is 2.10. The minimum absolute atomic E-state index is 0.148. The molecule has 0 aromatic heterocycles. The Balaban J connectivity index is 2.08. The number of carbonyl (C=O) groups excluding carboxylic acids is 2. The number of benzene rings is 2. The van der Waals surface area contributed by atoms with Gasteiger partial charge in [-0.1, -0.05) is 43.7 Å². The number of hydrogen-bond donors (Lipinski definition) is 2. The molecule has 0 aliphatic carbocycles. The van der Waals surface area contributed by atoms with E-state index >= 15 is 0 Å². The molecule has 2 amide bonds. The highest BCUT2D eigenvalue weighted by Gasteiger charge is 2.07. The summed E-state index contributed by atoms with van der Waals surface area (Å²) in [7, 11) is 0. The standard InChI is InChI=1S/C20H23N3O2/c1-3-4-10-19(16-8-6-5-7-9-16)22-23-20(25)17-11-13-18(14-12-17)21-15(2)24/h5-9,11-14H,3-4,10H2,1-2H3,(H,21,24)(H,23,25). The van der Waals surface area contributed by atoms with Crippen molar-refractivity contribution < 1.29 is 9.59 Å². The van der Waals surface area contributed by atoms with Crippen molar-refractivity contribution in [1.82, 2.24) is 5.43 Å². The number of unbranched alkanes of at least 4 members (excludes halogenated alkanes) is 1. The first-order valence-corrected chi connectivity index (χ1v) is 8.40. The summed E-state index contributed by atoms with van der Waals surface area (Å²) >= 11 is 0. The van der Waals surface area contributed by atoms with Crippen molar-refractivity contribution in [3.63, 3.8) is 0 Å². The average molecular weight is 337 g/mol. The third-order valence-electron chi connectivity index (χ3n) is 3.63. The molecule has 0 aliphatic rings. The summed E-state index contributed by atoms with van der Waals surface area (Å²) in [5.74, 6) is -0.426. The molecular weight excluding hydrogens is 314 g/mol. The summed E-state index contributed by atoms with van der Waals surface area (Å²) in [6, 6.07) is 16.5.